The van der Waals surface area contributed by atoms with E-state index in [4.69, 9.17) is 0 Å². The zero-order valence-electron chi connectivity index (χ0n) is 19.9. The molecule has 0 unspecified atom stereocenters. The van der Waals surface area contributed by atoms with Gasteiger partial charge in [0.05, 0.1) is 0 Å². The third-order valence-corrected chi connectivity index (χ3v) is 16.4. The first kappa shape index (κ1) is 31.0. The average Bonchev–Trinajstić information content (AvgIpc) is 2.79. The van der Waals surface area contributed by atoms with Gasteiger partial charge in [-0.05, 0) is 86.3 Å². The van der Waals surface area contributed by atoms with Crippen LogP contribution in [0.25, 0.3) is 0 Å². The van der Waals surface area contributed by atoms with Gasteiger partial charge in [0.1, 0.15) is 0 Å². The molecule has 4 aliphatic carbocycles. The maximum Gasteiger partial charge on any atom is 2.00 e. The second kappa shape index (κ2) is 17.4. The third kappa shape index (κ3) is 9.50. The zero-order valence-corrected chi connectivity index (χ0v) is 24.3. The molecule has 0 aromatic carbocycles. The predicted molar refractivity (Wildman–Crippen MR) is 131 cm³/mol. The summed E-state index contributed by atoms with van der Waals surface area (Å²) in [6, 6.07) is 0. The molecule has 0 amide bonds. The van der Waals surface area contributed by atoms with Crippen molar-refractivity contribution >= 4 is 15.8 Å². The Balaban J connectivity index is 0.00000160. The summed E-state index contributed by atoms with van der Waals surface area (Å²) >= 11 is 0. The minimum Gasteiger partial charge on any atom is -1.00 e. The van der Waals surface area contributed by atoms with Gasteiger partial charge in [0.15, 0.2) is 0 Å². The molecule has 4 saturated carbocycles. The minimum atomic E-state index is 0. The average molecular weight is 549 g/mol. The van der Waals surface area contributed by atoms with E-state index < -0.39 is 0 Å². The monoisotopic (exact) mass is 548 g/mol. The summed E-state index contributed by atoms with van der Waals surface area (Å²) in [6.07, 6.45) is 35.1. The second-order valence-electron chi connectivity index (χ2n) is 10.6. The van der Waals surface area contributed by atoms with Gasteiger partial charge in [-0.1, -0.05) is 92.9 Å². The molecule has 0 aliphatic heterocycles. The molecule has 0 atom stereocenters. The molecule has 31 heavy (non-hydrogen) atoms. The van der Waals surface area contributed by atoms with Crippen molar-refractivity contribution in [2.45, 2.75) is 151 Å². The van der Waals surface area contributed by atoms with Crippen LogP contribution in [0.2, 0.25) is 0 Å². The van der Waals surface area contributed by atoms with Gasteiger partial charge in [-0.3, -0.25) is 0 Å². The van der Waals surface area contributed by atoms with Crippen LogP contribution in [0.15, 0.2) is 0 Å². The van der Waals surface area contributed by atoms with Crippen LogP contribution in [-0.4, -0.2) is 35.0 Å². The van der Waals surface area contributed by atoms with E-state index in [1.165, 1.54) is 22.6 Å². The van der Waals surface area contributed by atoms with Gasteiger partial charge in [0.2, 0.25) is 0 Å². The molecule has 0 N–H and O–H groups in total. The first-order valence-electron chi connectivity index (χ1n) is 13.4. The fraction of sp³-hybridized carbons (Fsp3) is 1.00. The van der Waals surface area contributed by atoms with E-state index in [9.17, 15) is 0 Å². The summed E-state index contributed by atoms with van der Waals surface area (Å²) in [6.45, 7) is 0. The number of hydrogen-bond acceptors (Lipinski definition) is 0. The van der Waals surface area contributed by atoms with Gasteiger partial charge < -0.3 is 24.8 Å². The Labute approximate surface area is 220 Å². The molecule has 4 aliphatic rings. The van der Waals surface area contributed by atoms with Gasteiger partial charge in [0, 0.05) is 0 Å². The summed E-state index contributed by atoms with van der Waals surface area (Å²) < 4.78 is 0. The van der Waals surface area contributed by atoms with E-state index >= 15 is 0 Å². The first-order chi connectivity index (χ1) is 13.9. The van der Waals surface area contributed by atoms with Gasteiger partial charge in [0.25, 0.3) is 0 Å². The maximum atomic E-state index is 1.71. The van der Waals surface area contributed by atoms with E-state index in [1.807, 2.05) is 0 Å². The fourth-order valence-corrected chi connectivity index (χ4v) is 15.8. The molecule has 0 nitrogen and oxygen atoms in total. The van der Waals surface area contributed by atoms with Crippen LogP contribution in [0.3, 0.4) is 0 Å². The second-order valence-corrected chi connectivity index (χ2v) is 16.5. The minimum absolute atomic E-state index is 0. The van der Waals surface area contributed by atoms with E-state index in [2.05, 4.69) is 0 Å². The Morgan fingerprint density at radius 3 is 0.742 bits per heavy atom. The predicted octanol–water partition coefficient (Wildman–Crippen LogP) is 3.29. The Morgan fingerprint density at radius 1 is 0.355 bits per heavy atom. The SMILES string of the molecule is C1CCC(P(CCP(C2CCCCC2)C2CCCCC2)C2CCCCC2)CC1.[Cl-].[Cl-].[Fe+2]. The van der Waals surface area contributed by atoms with Crippen molar-refractivity contribution in [3.63, 3.8) is 0 Å². The van der Waals surface area contributed by atoms with Gasteiger partial charge in [-0.25, -0.2) is 0 Å². The smallest absolute Gasteiger partial charge is 1.00 e. The molecule has 5 heteroatoms. The molecular formula is C26H48Cl2FeP2. The molecule has 0 spiro atoms. The normalized spacial score (nSPS) is 25.0. The van der Waals surface area contributed by atoms with Crippen molar-refractivity contribution < 1.29 is 41.9 Å². The van der Waals surface area contributed by atoms with E-state index in [0.29, 0.717) is 15.8 Å². The summed E-state index contributed by atoms with van der Waals surface area (Å²) in [5, 5.41) is 0. The van der Waals surface area contributed by atoms with Gasteiger partial charge >= 0.3 is 17.1 Å². The Kier molecular flexibility index (Phi) is 17.4. The molecular weight excluding hydrogens is 501 g/mol. The first-order valence-corrected chi connectivity index (χ1v) is 16.8. The summed E-state index contributed by atoms with van der Waals surface area (Å²) in [5.41, 5.74) is 4.73. The van der Waals surface area contributed by atoms with Crippen molar-refractivity contribution in [1.82, 2.24) is 0 Å². The summed E-state index contributed by atoms with van der Waals surface area (Å²) in [5.74, 6) is 0. The molecule has 0 aromatic heterocycles. The van der Waals surface area contributed by atoms with Crippen LogP contribution in [0.1, 0.15) is 128 Å². The standard InChI is InChI=1S/C26H48P2.2ClH.Fe/c1-5-13-23(14-6-1)27(24-15-7-2-8-16-24)21-22-28(25-17-9-3-10-18-25)26-19-11-4-12-20-26;;;/h23-26H,1-22H2;2*1H;/q;;;+2/p-2. The topological polar surface area (TPSA) is 0 Å². The third-order valence-electron chi connectivity index (χ3n) is 8.79. The van der Waals surface area contributed by atoms with Crippen LogP contribution >= 0.6 is 15.8 Å². The molecule has 0 bridgehead atoms. The zero-order chi connectivity index (χ0) is 19.0. The number of rotatable bonds is 7. The largest absolute Gasteiger partial charge is 2.00 e. The van der Waals surface area contributed by atoms with Crippen molar-refractivity contribution in [2.24, 2.45) is 0 Å². The van der Waals surface area contributed by atoms with Gasteiger partial charge in [-0.15, -0.1) is 0 Å². The van der Waals surface area contributed by atoms with Gasteiger partial charge in [-0.2, -0.15) is 0 Å². The van der Waals surface area contributed by atoms with Crippen molar-refractivity contribution in [1.29, 1.82) is 0 Å². The van der Waals surface area contributed by atoms with Crippen molar-refractivity contribution in [3.8, 4) is 0 Å². The number of halogens is 2. The summed E-state index contributed by atoms with van der Waals surface area (Å²) in [4.78, 5) is 0. The van der Waals surface area contributed by atoms with Crippen LogP contribution in [0.5, 0.6) is 0 Å². The molecule has 4 rings (SSSR count). The molecule has 0 aromatic rings. The van der Waals surface area contributed by atoms with E-state index in [1.54, 1.807) is 141 Å². The van der Waals surface area contributed by atoms with E-state index in [0.717, 1.165) is 0 Å². The molecule has 0 heterocycles. The van der Waals surface area contributed by atoms with E-state index in [-0.39, 0.29) is 41.9 Å². The van der Waals surface area contributed by atoms with Crippen molar-refractivity contribution in [3.05, 3.63) is 0 Å². The molecule has 0 saturated heterocycles. The Morgan fingerprint density at radius 2 is 0.548 bits per heavy atom. The fourth-order valence-electron chi connectivity index (χ4n) is 7.21. The molecule has 184 valence electrons. The quantitative estimate of drug-likeness (QED) is 0.338. The molecule has 0 radical (unpaired) electrons. The maximum absolute atomic E-state index is 1.71. The van der Waals surface area contributed by atoms with Crippen LogP contribution in [0.4, 0.5) is 0 Å². The van der Waals surface area contributed by atoms with Crippen LogP contribution in [0, 0.1) is 0 Å². The number of hydrogen-bond donors (Lipinski definition) is 0. The van der Waals surface area contributed by atoms with Crippen LogP contribution in [-0.2, 0) is 17.1 Å². The molecule has 4 fully saturated rings. The Hall–Kier alpha value is 1.96. The van der Waals surface area contributed by atoms with Crippen molar-refractivity contribution in [2.75, 3.05) is 12.3 Å². The Bertz CT molecular complexity index is 353. The van der Waals surface area contributed by atoms with Crippen LogP contribution < -0.4 is 24.8 Å². The summed E-state index contributed by atoms with van der Waals surface area (Å²) in [7, 11) is 0.689.